The average Bonchev–Trinajstić information content (AvgIpc) is 2.95. The molecule has 0 aliphatic carbocycles. The van der Waals surface area contributed by atoms with E-state index in [2.05, 4.69) is 20.9 Å². The molecule has 25 heavy (non-hydrogen) atoms. The van der Waals surface area contributed by atoms with Crippen molar-refractivity contribution in [2.75, 3.05) is 6.61 Å². The normalized spacial score (nSPS) is 11.1. The quantitative estimate of drug-likeness (QED) is 0.386. The van der Waals surface area contributed by atoms with Gasteiger partial charge in [0.15, 0.2) is 6.61 Å². The summed E-state index contributed by atoms with van der Waals surface area (Å²) in [5.41, 5.74) is 3.11. The fourth-order valence-electron chi connectivity index (χ4n) is 2.63. The van der Waals surface area contributed by atoms with Crippen molar-refractivity contribution in [3.8, 4) is 0 Å². The smallest absolute Gasteiger partial charge is 0.331 e. The molecular weight excluding hydrogens is 382 g/mol. The van der Waals surface area contributed by atoms with Gasteiger partial charge in [-0.25, -0.2) is 4.79 Å². The molecule has 0 amide bonds. The topological polar surface area (TPSA) is 59.2 Å². The van der Waals surface area contributed by atoms with E-state index in [9.17, 15) is 9.59 Å². The van der Waals surface area contributed by atoms with Crippen molar-refractivity contribution in [2.45, 2.75) is 6.92 Å². The van der Waals surface area contributed by atoms with Crippen molar-refractivity contribution in [3.05, 3.63) is 75.9 Å². The van der Waals surface area contributed by atoms with Crippen molar-refractivity contribution in [1.82, 2.24) is 4.98 Å². The summed E-state index contributed by atoms with van der Waals surface area (Å²) in [6.45, 7) is 1.55. The first-order chi connectivity index (χ1) is 12.0. The number of carbonyl (C=O) groups is 2. The number of Topliss-reactive ketones (excluding diaryl/α,β-unsaturated/α-hetero) is 1. The number of esters is 1. The number of benzene rings is 2. The van der Waals surface area contributed by atoms with Gasteiger partial charge in [-0.3, -0.25) is 4.79 Å². The highest BCUT2D eigenvalue weighted by atomic mass is 79.9. The van der Waals surface area contributed by atoms with Crippen LogP contribution in [0.2, 0.25) is 0 Å². The van der Waals surface area contributed by atoms with Crippen LogP contribution in [-0.4, -0.2) is 23.3 Å². The van der Waals surface area contributed by atoms with Crippen LogP contribution in [0.15, 0.2) is 59.1 Å². The van der Waals surface area contributed by atoms with Crippen molar-refractivity contribution in [1.29, 1.82) is 0 Å². The number of hydrogen-bond donors (Lipinski definition) is 1. The van der Waals surface area contributed by atoms with Gasteiger partial charge in [0.05, 0.1) is 0 Å². The number of carbonyl (C=O) groups excluding carboxylic acids is 2. The minimum Gasteiger partial charge on any atom is -0.454 e. The van der Waals surface area contributed by atoms with Gasteiger partial charge >= 0.3 is 5.97 Å². The molecule has 1 aromatic heterocycles. The molecule has 0 spiro atoms. The number of ketones is 1. The first kappa shape index (κ1) is 17.2. The zero-order valence-corrected chi connectivity index (χ0v) is 15.2. The number of fused-ring (bicyclic) bond motifs is 1. The number of aromatic amines is 1. The summed E-state index contributed by atoms with van der Waals surface area (Å²) in [4.78, 5) is 27.4. The third kappa shape index (κ3) is 4.06. The van der Waals surface area contributed by atoms with Gasteiger partial charge in [-0.2, -0.15) is 0 Å². The van der Waals surface area contributed by atoms with E-state index >= 15 is 0 Å². The third-order valence-corrected chi connectivity index (χ3v) is 4.33. The molecule has 1 heterocycles. The van der Waals surface area contributed by atoms with Crippen LogP contribution in [0.5, 0.6) is 0 Å². The molecule has 0 aliphatic heterocycles. The lowest BCUT2D eigenvalue weighted by atomic mass is 10.1. The lowest BCUT2D eigenvalue weighted by molar-refractivity contribution is -0.136. The molecule has 1 N–H and O–H groups in total. The number of aromatic nitrogens is 1. The largest absolute Gasteiger partial charge is 0.454 e. The van der Waals surface area contributed by atoms with E-state index in [0.717, 1.165) is 26.6 Å². The lowest BCUT2D eigenvalue weighted by Gasteiger charge is -2.02. The Morgan fingerprint density at radius 1 is 1.12 bits per heavy atom. The monoisotopic (exact) mass is 397 g/mol. The molecule has 4 nitrogen and oxygen atoms in total. The average molecular weight is 398 g/mol. The molecular formula is C20H16BrNO3. The van der Waals surface area contributed by atoms with Crippen molar-refractivity contribution in [3.63, 3.8) is 0 Å². The third-order valence-electron chi connectivity index (χ3n) is 3.80. The fraction of sp³-hybridized carbons (Fsp3) is 0.100. The summed E-state index contributed by atoms with van der Waals surface area (Å²) in [7, 11) is 0. The summed E-state index contributed by atoms with van der Waals surface area (Å²) < 4.78 is 6.04. The van der Waals surface area contributed by atoms with Gasteiger partial charge in [0.2, 0.25) is 5.78 Å². The second-order valence-electron chi connectivity index (χ2n) is 5.59. The Morgan fingerprint density at radius 2 is 1.84 bits per heavy atom. The van der Waals surface area contributed by atoms with E-state index < -0.39 is 5.97 Å². The van der Waals surface area contributed by atoms with Gasteiger partial charge < -0.3 is 9.72 Å². The van der Waals surface area contributed by atoms with Crippen molar-refractivity contribution in [2.24, 2.45) is 0 Å². The van der Waals surface area contributed by atoms with Crippen LogP contribution in [0, 0.1) is 6.92 Å². The SMILES string of the molecule is Cc1[nH]c2ccccc2c1C(=O)COC(=O)/C=C/c1ccc(Br)cc1. The summed E-state index contributed by atoms with van der Waals surface area (Å²) in [6.07, 6.45) is 2.97. The minimum atomic E-state index is -0.547. The number of nitrogens with one attached hydrogen (secondary N) is 1. The van der Waals surface area contributed by atoms with Crippen LogP contribution in [0.25, 0.3) is 17.0 Å². The van der Waals surface area contributed by atoms with E-state index in [4.69, 9.17) is 4.74 Å². The van der Waals surface area contributed by atoms with E-state index in [1.54, 1.807) is 6.08 Å². The zero-order valence-electron chi connectivity index (χ0n) is 13.6. The molecule has 0 radical (unpaired) electrons. The Labute approximate surface area is 153 Å². The summed E-state index contributed by atoms with van der Waals surface area (Å²) in [6, 6.07) is 15.1. The number of halogens is 1. The first-order valence-electron chi connectivity index (χ1n) is 7.75. The molecule has 0 bridgehead atoms. The highest BCUT2D eigenvalue weighted by Crippen LogP contribution is 2.22. The van der Waals surface area contributed by atoms with Crippen LogP contribution in [-0.2, 0) is 9.53 Å². The van der Waals surface area contributed by atoms with Crippen molar-refractivity contribution < 1.29 is 14.3 Å². The molecule has 0 saturated carbocycles. The summed E-state index contributed by atoms with van der Waals surface area (Å²) in [5, 5.41) is 0.839. The minimum absolute atomic E-state index is 0.222. The number of rotatable bonds is 5. The van der Waals surface area contributed by atoms with Gasteiger partial charge in [0.25, 0.3) is 0 Å². The molecule has 0 unspecified atom stereocenters. The Kier molecular flexibility index (Phi) is 5.14. The predicted octanol–water partition coefficient (Wildman–Crippen LogP) is 4.68. The van der Waals surface area contributed by atoms with Gasteiger partial charge in [0.1, 0.15) is 0 Å². The number of para-hydroxylation sites is 1. The molecule has 2 aromatic carbocycles. The van der Waals surface area contributed by atoms with E-state index in [1.807, 2.05) is 55.5 Å². The van der Waals surface area contributed by atoms with Crippen LogP contribution < -0.4 is 0 Å². The predicted molar refractivity (Wildman–Crippen MR) is 102 cm³/mol. The first-order valence-corrected chi connectivity index (χ1v) is 8.55. The number of H-pyrrole nitrogens is 1. The number of aryl methyl sites for hydroxylation is 1. The van der Waals surface area contributed by atoms with E-state index in [0.29, 0.717) is 5.56 Å². The standard InChI is InChI=1S/C20H16BrNO3/c1-13-20(16-4-2-3-5-17(16)22-13)18(23)12-25-19(24)11-8-14-6-9-15(21)10-7-14/h2-11,22H,12H2,1H3/b11-8+. The maximum atomic E-state index is 12.4. The Morgan fingerprint density at radius 3 is 2.60 bits per heavy atom. The number of hydrogen-bond acceptors (Lipinski definition) is 3. The summed E-state index contributed by atoms with van der Waals surface area (Å²) in [5.74, 6) is -0.769. The number of ether oxygens (including phenoxy) is 1. The van der Waals surface area contributed by atoms with Crippen LogP contribution >= 0.6 is 15.9 Å². The van der Waals surface area contributed by atoms with Crippen LogP contribution in [0.3, 0.4) is 0 Å². The second-order valence-corrected chi connectivity index (χ2v) is 6.50. The molecule has 126 valence electrons. The highest BCUT2D eigenvalue weighted by molar-refractivity contribution is 9.10. The van der Waals surface area contributed by atoms with Crippen LogP contribution in [0.4, 0.5) is 0 Å². The van der Waals surface area contributed by atoms with E-state index in [1.165, 1.54) is 6.08 Å². The Balaban J connectivity index is 1.64. The molecule has 0 atom stereocenters. The maximum absolute atomic E-state index is 12.4. The molecule has 0 saturated heterocycles. The molecule has 0 aliphatic rings. The maximum Gasteiger partial charge on any atom is 0.331 e. The molecule has 0 fully saturated rings. The van der Waals surface area contributed by atoms with Gasteiger partial charge in [-0.1, -0.05) is 46.3 Å². The second kappa shape index (κ2) is 7.49. The lowest BCUT2D eigenvalue weighted by Crippen LogP contribution is -2.13. The van der Waals surface area contributed by atoms with Gasteiger partial charge in [-0.05, 0) is 36.8 Å². The van der Waals surface area contributed by atoms with Gasteiger partial charge in [0, 0.05) is 32.7 Å². The Bertz CT molecular complexity index is 955. The Hall–Kier alpha value is -2.66. The molecule has 3 aromatic rings. The summed E-state index contributed by atoms with van der Waals surface area (Å²) >= 11 is 3.35. The molecule has 5 heteroatoms. The van der Waals surface area contributed by atoms with Gasteiger partial charge in [-0.15, -0.1) is 0 Å². The zero-order chi connectivity index (χ0) is 17.8. The molecule has 3 rings (SSSR count). The fourth-order valence-corrected chi connectivity index (χ4v) is 2.90. The van der Waals surface area contributed by atoms with Crippen molar-refractivity contribution >= 4 is 44.7 Å². The van der Waals surface area contributed by atoms with Crippen LogP contribution in [0.1, 0.15) is 21.6 Å². The van der Waals surface area contributed by atoms with E-state index in [-0.39, 0.29) is 12.4 Å². The highest BCUT2D eigenvalue weighted by Gasteiger charge is 2.16.